The van der Waals surface area contributed by atoms with Crippen LogP contribution in [-0.2, 0) is 4.79 Å². The zero-order chi connectivity index (χ0) is 20.1. The van der Waals surface area contributed by atoms with E-state index in [4.69, 9.17) is 0 Å². The van der Waals surface area contributed by atoms with Crippen LogP contribution in [0.5, 0.6) is 0 Å². The molecule has 0 aliphatic carbocycles. The van der Waals surface area contributed by atoms with E-state index >= 15 is 0 Å². The van der Waals surface area contributed by atoms with E-state index in [1.54, 1.807) is 4.90 Å². The lowest BCUT2D eigenvalue weighted by Gasteiger charge is -2.35. The minimum absolute atomic E-state index is 0.0866. The number of carbonyl (C=O) groups excluding carboxylic acids is 2. The Morgan fingerprint density at radius 3 is 2.45 bits per heavy atom. The number of hydrogen-bond donors (Lipinski definition) is 1. The highest BCUT2D eigenvalue weighted by molar-refractivity contribution is 5.99. The van der Waals surface area contributed by atoms with Gasteiger partial charge in [0.1, 0.15) is 0 Å². The maximum absolute atomic E-state index is 12.9. The van der Waals surface area contributed by atoms with E-state index in [1.165, 1.54) is 24.8 Å². The van der Waals surface area contributed by atoms with Crippen LogP contribution in [-0.4, -0.2) is 42.9 Å². The summed E-state index contributed by atoms with van der Waals surface area (Å²) >= 11 is 0. The summed E-state index contributed by atoms with van der Waals surface area (Å²) in [5, 5.41) is 3.14. The summed E-state index contributed by atoms with van der Waals surface area (Å²) in [6.45, 7) is 3.45. The number of nitrogens with zero attached hydrogens (tertiary/aromatic N) is 2. The van der Waals surface area contributed by atoms with Crippen molar-refractivity contribution in [3.8, 4) is 0 Å². The van der Waals surface area contributed by atoms with Gasteiger partial charge in [-0.2, -0.15) is 0 Å². The van der Waals surface area contributed by atoms with E-state index in [0.29, 0.717) is 18.5 Å². The summed E-state index contributed by atoms with van der Waals surface area (Å²) in [4.78, 5) is 29.2. The van der Waals surface area contributed by atoms with Crippen molar-refractivity contribution in [2.24, 2.45) is 0 Å². The Morgan fingerprint density at radius 2 is 1.72 bits per heavy atom. The molecule has 0 radical (unpaired) electrons. The average molecular weight is 392 g/mol. The Bertz CT molecular complexity index is 846. The fourth-order valence-electron chi connectivity index (χ4n) is 4.39. The number of piperidine rings is 1. The first kappa shape index (κ1) is 19.6. The summed E-state index contributed by atoms with van der Waals surface area (Å²) in [7, 11) is 0. The molecule has 0 saturated carbocycles. The molecule has 5 heteroatoms. The third-order valence-corrected chi connectivity index (χ3v) is 5.97. The maximum Gasteiger partial charge on any atom is 0.251 e. The van der Waals surface area contributed by atoms with Gasteiger partial charge in [-0.25, -0.2) is 0 Å². The number of amides is 2. The van der Waals surface area contributed by atoms with E-state index in [9.17, 15) is 9.59 Å². The fraction of sp³-hybridized carbons (Fsp3) is 0.417. The van der Waals surface area contributed by atoms with Gasteiger partial charge in [-0.05, 0) is 56.1 Å². The van der Waals surface area contributed by atoms with E-state index in [0.717, 1.165) is 31.7 Å². The topological polar surface area (TPSA) is 52.7 Å². The minimum atomic E-state index is -0.0866. The van der Waals surface area contributed by atoms with Gasteiger partial charge >= 0.3 is 0 Å². The molecule has 0 spiro atoms. The van der Waals surface area contributed by atoms with Crippen molar-refractivity contribution in [1.82, 2.24) is 10.2 Å². The van der Waals surface area contributed by atoms with Crippen LogP contribution in [0.25, 0.3) is 0 Å². The molecule has 0 bridgehead atoms. The fourth-order valence-corrected chi connectivity index (χ4v) is 4.39. The van der Waals surface area contributed by atoms with E-state index in [1.807, 2.05) is 30.3 Å². The highest BCUT2D eigenvalue weighted by atomic mass is 16.2. The molecular formula is C24H29N3O2. The molecule has 5 nitrogen and oxygen atoms in total. The lowest BCUT2D eigenvalue weighted by atomic mass is 10.0. The zero-order valence-electron chi connectivity index (χ0n) is 16.8. The first-order valence-electron chi connectivity index (χ1n) is 10.7. The van der Waals surface area contributed by atoms with Crippen molar-refractivity contribution in [3.05, 3.63) is 65.7 Å². The summed E-state index contributed by atoms with van der Waals surface area (Å²) < 4.78 is 0. The van der Waals surface area contributed by atoms with Crippen LogP contribution in [0.3, 0.4) is 0 Å². The molecular weight excluding hydrogens is 362 g/mol. The van der Waals surface area contributed by atoms with Gasteiger partial charge < -0.3 is 10.2 Å². The van der Waals surface area contributed by atoms with Gasteiger partial charge in [-0.15, -0.1) is 0 Å². The molecule has 29 heavy (non-hydrogen) atoms. The van der Waals surface area contributed by atoms with Gasteiger partial charge in [-0.1, -0.05) is 42.8 Å². The number of hydrogen-bond acceptors (Lipinski definition) is 3. The molecule has 1 N–H and O–H groups in total. The van der Waals surface area contributed by atoms with Crippen molar-refractivity contribution in [2.45, 2.75) is 38.1 Å². The van der Waals surface area contributed by atoms with Crippen LogP contribution in [0.4, 0.5) is 5.69 Å². The van der Waals surface area contributed by atoms with Crippen molar-refractivity contribution >= 4 is 17.5 Å². The Balaban J connectivity index is 1.46. The number of benzene rings is 2. The quantitative estimate of drug-likeness (QED) is 0.816. The first-order valence-corrected chi connectivity index (χ1v) is 10.7. The van der Waals surface area contributed by atoms with Crippen molar-refractivity contribution in [2.75, 3.05) is 31.1 Å². The Morgan fingerprint density at radius 1 is 0.931 bits per heavy atom. The highest BCUT2D eigenvalue weighted by Crippen LogP contribution is 2.25. The molecule has 2 heterocycles. The molecule has 2 aliphatic rings. The van der Waals surface area contributed by atoms with Crippen molar-refractivity contribution in [1.29, 1.82) is 0 Å². The molecule has 2 amide bonds. The average Bonchev–Trinajstić information content (AvgIpc) is 3.21. The van der Waals surface area contributed by atoms with Crippen LogP contribution >= 0.6 is 0 Å². The lowest BCUT2D eigenvalue weighted by Crippen LogP contribution is -2.40. The molecule has 1 unspecified atom stereocenters. The van der Waals surface area contributed by atoms with Crippen LogP contribution in [0.15, 0.2) is 54.6 Å². The monoisotopic (exact) mass is 391 g/mol. The standard InChI is InChI=1S/C24H29N3O2/c28-23-13-8-16-27(23)21-12-7-11-20(17-21)24(29)25-18-22(19-9-3-1-4-10-19)26-14-5-2-6-15-26/h1,3-4,7,9-12,17,22H,2,5-6,8,13-16,18H2,(H,25,29). The molecule has 2 aromatic carbocycles. The van der Waals surface area contributed by atoms with Crippen LogP contribution in [0.1, 0.15) is 54.1 Å². The molecule has 2 fully saturated rings. The number of anilines is 1. The molecule has 1 atom stereocenters. The van der Waals surface area contributed by atoms with Crippen LogP contribution in [0, 0.1) is 0 Å². The Kier molecular flexibility index (Phi) is 6.25. The van der Waals surface area contributed by atoms with Gasteiger partial charge in [0.05, 0.1) is 6.04 Å². The van der Waals surface area contributed by atoms with Crippen LogP contribution in [0.2, 0.25) is 0 Å². The predicted octanol–water partition coefficient (Wildman–Crippen LogP) is 3.77. The van der Waals surface area contributed by atoms with E-state index in [-0.39, 0.29) is 17.9 Å². The SMILES string of the molecule is O=C(NCC(c1ccccc1)N1CCCCC1)c1cccc(N2CCCC2=O)c1. The highest BCUT2D eigenvalue weighted by Gasteiger charge is 2.24. The van der Waals surface area contributed by atoms with Crippen molar-refractivity contribution in [3.63, 3.8) is 0 Å². The minimum Gasteiger partial charge on any atom is -0.350 e. The molecule has 2 saturated heterocycles. The Labute approximate surface area is 172 Å². The number of carbonyl (C=O) groups is 2. The summed E-state index contributed by atoms with van der Waals surface area (Å²) in [5.74, 6) is 0.0493. The van der Waals surface area contributed by atoms with Gasteiger partial charge in [0.25, 0.3) is 5.91 Å². The van der Waals surface area contributed by atoms with Gasteiger partial charge in [0.15, 0.2) is 0 Å². The molecule has 2 aliphatic heterocycles. The summed E-state index contributed by atoms with van der Waals surface area (Å²) in [6.07, 6.45) is 5.17. The zero-order valence-corrected chi connectivity index (χ0v) is 16.8. The van der Waals surface area contributed by atoms with Gasteiger partial charge in [0.2, 0.25) is 5.91 Å². The number of likely N-dealkylation sites (tertiary alicyclic amines) is 1. The molecule has 4 rings (SSSR count). The van der Waals surface area contributed by atoms with Gasteiger partial charge in [-0.3, -0.25) is 14.5 Å². The molecule has 2 aromatic rings. The van der Waals surface area contributed by atoms with Crippen LogP contribution < -0.4 is 10.2 Å². The lowest BCUT2D eigenvalue weighted by molar-refractivity contribution is -0.117. The smallest absolute Gasteiger partial charge is 0.251 e. The van der Waals surface area contributed by atoms with Crippen molar-refractivity contribution < 1.29 is 9.59 Å². The predicted molar refractivity (Wildman–Crippen MR) is 115 cm³/mol. The second-order valence-corrected chi connectivity index (χ2v) is 7.93. The molecule has 0 aromatic heterocycles. The van der Waals surface area contributed by atoms with Gasteiger partial charge in [0, 0.05) is 30.8 Å². The Hall–Kier alpha value is -2.66. The summed E-state index contributed by atoms with van der Waals surface area (Å²) in [5.41, 5.74) is 2.66. The largest absolute Gasteiger partial charge is 0.350 e. The second kappa shape index (κ2) is 9.23. The normalized spacial score (nSPS) is 18.6. The third-order valence-electron chi connectivity index (χ3n) is 5.97. The van der Waals surface area contributed by atoms with E-state index in [2.05, 4.69) is 34.5 Å². The molecule has 152 valence electrons. The van der Waals surface area contributed by atoms with E-state index < -0.39 is 0 Å². The number of rotatable bonds is 6. The summed E-state index contributed by atoms with van der Waals surface area (Å²) in [6, 6.07) is 18.0. The number of nitrogens with one attached hydrogen (secondary N) is 1. The second-order valence-electron chi connectivity index (χ2n) is 7.93. The maximum atomic E-state index is 12.9. The first-order chi connectivity index (χ1) is 14.2. The third kappa shape index (κ3) is 4.67.